The summed E-state index contributed by atoms with van der Waals surface area (Å²) >= 11 is 0. The molecule has 130 valence electrons. The fraction of sp³-hybridized carbons (Fsp3) is 0.211. The molecule has 0 atom stereocenters. The molecule has 2 rings (SSSR count). The number of carbonyl (C=O) groups is 3. The molecule has 0 radical (unpaired) electrons. The van der Waals surface area contributed by atoms with E-state index in [1.807, 2.05) is 32.9 Å². The van der Waals surface area contributed by atoms with Crippen LogP contribution in [0, 0.1) is 20.8 Å². The van der Waals surface area contributed by atoms with E-state index in [4.69, 9.17) is 4.74 Å². The Hall–Kier alpha value is -3.15. The number of urea groups is 1. The van der Waals surface area contributed by atoms with Crippen molar-refractivity contribution in [2.45, 2.75) is 20.8 Å². The van der Waals surface area contributed by atoms with Gasteiger partial charge in [0.2, 0.25) is 0 Å². The minimum atomic E-state index is -0.706. The number of hydrogen-bond acceptors (Lipinski definition) is 4. The van der Waals surface area contributed by atoms with Crippen LogP contribution in [0.15, 0.2) is 42.5 Å². The molecule has 25 heavy (non-hydrogen) atoms. The van der Waals surface area contributed by atoms with Gasteiger partial charge in [0.1, 0.15) is 0 Å². The normalized spacial score (nSPS) is 10.0. The van der Waals surface area contributed by atoms with E-state index in [-0.39, 0.29) is 0 Å². The van der Waals surface area contributed by atoms with E-state index in [0.29, 0.717) is 11.3 Å². The number of nitrogens with one attached hydrogen (secondary N) is 2. The first-order valence-electron chi connectivity index (χ1n) is 7.77. The summed E-state index contributed by atoms with van der Waals surface area (Å²) in [4.78, 5) is 35.4. The summed E-state index contributed by atoms with van der Waals surface area (Å²) in [5.41, 5.74) is 3.92. The average molecular weight is 340 g/mol. The van der Waals surface area contributed by atoms with Crippen LogP contribution in [0.1, 0.15) is 27.0 Å². The summed E-state index contributed by atoms with van der Waals surface area (Å²) in [5.74, 6) is -1.33. The van der Waals surface area contributed by atoms with E-state index in [2.05, 4.69) is 10.6 Å². The molecule has 0 aliphatic rings. The quantitative estimate of drug-likeness (QED) is 0.838. The van der Waals surface area contributed by atoms with Crippen molar-refractivity contribution in [1.82, 2.24) is 5.32 Å². The molecule has 0 aliphatic carbocycles. The standard InChI is InChI=1S/C19H20N2O4/c1-12-4-7-15(8-5-12)18(23)25-11-17(22)21-19(24)20-16-9-6-13(2)10-14(16)3/h4-10H,11H2,1-3H3,(H2,20,21,22,24). The van der Waals surface area contributed by atoms with E-state index in [9.17, 15) is 14.4 Å². The first-order chi connectivity index (χ1) is 11.8. The predicted molar refractivity (Wildman–Crippen MR) is 94.5 cm³/mol. The highest BCUT2D eigenvalue weighted by Crippen LogP contribution is 2.15. The van der Waals surface area contributed by atoms with Gasteiger partial charge in [-0.25, -0.2) is 9.59 Å². The van der Waals surface area contributed by atoms with Gasteiger partial charge in [0.25, 0.3) is 5.91 Å². The van der Waals surface area contributed by atoms with Crippen molar-refractivity contribution in [3.8, 4) is 0 Å². The van der Waals surface area contributed by atoms with Crippen molar-refractivity contribution in [3.63, 3.8) is 0 Å². The van der Waals surface area contributed by atoms with E-state index < -0.39 is 24.5 Å². The van der Waals surface area contributed by atoms with Crippen molar-refractivity contribution in [2.75, 3.05) is 11.9 Å². The van der Waals surface area contributed by atoms with Crippen LogP contribution in [0.4, 0.5) is 10.5 Å². The molecule has 6 nitrogen and oxygen atoms in total. The van der Waals surface area contributed by atoms with Crippen molar-refractivity contribution in [1.29, 1.82) is 0 Å². The highest BCUT2D eigenvalue weighted by molar-refractivity contribution is 6.02. The molecular formula is C19H20N2O4. The first-order valence-corrected chi connectivity index (χ1v) is 7.77. The lowest BCUT2D eigenvalue weighted by molar-refractivity contribution is -0.123. The first kappa shape index (κ1) is 18.2. The topological polar surface area (TPSA) is 84.5 Å². The number of imide groups is 1. The van der Waals surface area contributed by atoms with Crippen molar-refractivity contribution in [2.24, 2.45) is 0 Å². The molecule has 0 aromatic heterocycles. The number of ether oxygens (including phenoxy) is 1. The summed E-state index contributed by atoms with van der Waals surface area (Å²) in [7, 11) is 0. The van der Waals surface area contributed by atoms with Gasteiger partial charge in [-0.05, 0) is 44.5 Å². The molecule has 0 unspecified atom stereocenters. The van der Waals surface area contributed by atoms with Crippen LogP contribution in [0.3, 0.4) is 0 Å². The Morgan fingerprint density at radius 1 is 0.920 bits per heavy atom. The maximum absolute atomic E-state index is 11.8. The number of rotatable bonds is 4. The molecule has 0 heterocycles. The molecule has 0 bridgehead atoms. The van der Waals surface area contributed by atoms with Crippen LogP contribution < -0.4 is 10.6 Å². The van der Waals surface area contributed by atoms with Crippen molar-refractivity contribution >= 4 is 23.6 Å². The van der Waals surface area contributed by atoms with Gasteiger partial charge < -0.3 is 10.1 Å². The van der Waals surface area contributed by atoms with Gasteiger partial charge in [0.05, 0.1) is 5.56 Å². The predicted octanol–water partition coefficient (Wildman–Crippen LogP) is 3.12. The fourth-order valence-corrected chi connectivity index (χ4v) is 2.17. The maximum Gasteiger partial charge on any atom is 0.338 e. The Kier molecular flexibility index (Phi) is 5.89. The number of aryl methyl sites for hydroxylation is 3. The minimum Gasteiger partial charge on any atom is -0.452 e. The van der Waals surface area contributed by atoms with Gasteiger partial charge in [-0.1, -0.05) is 35.4 Å². The monoisotopic (exact) mass is 340 g/mol. The summed E-state index contributed by atoms with van der Waals surface area (Å²) in [6.07, 6.45) is 0. The zero-order chi connectivity index (χ0) is 18.4. The number of hydrogen-bond donors (Lipinski definition) is 2. The van der Waals surface area contributed by atoms with Crippen LogP contribution in [0.5, 0.6) is 0 Å². The molecule has 0 spiro atoms. The molecule has 0 fully saturated rings. The van der Waals surface area contributed by atoms with Crippen molar-refractivity contribution in [3.05, 3.63) is 64.7 Å². The Morgan fingerprint density at radius 3 is 2.20 bits per heavy atom. The Labute approximate surface area is 146 Å². The van der Waals surface area contributed by atoms with Crippen LogP contribution in [-0.2, 0) is 9.53 Å². The second-order valence-corrected chi connectivity index (χ2v) is 5.76. The Bertz CT molecular complexity index is 798. The Balaban J connectivity index is 1.82. The van der Waals surface area contributed by atoms with Crippen LogP contribution in [0.25, 0.3) is 0 Å². The highest BCUT2D eigenvalue weighted by Gasteiger charge is 2.13. The smallest absolute Gasteiger partial charge is 0.338 e. The second-order valence-electron chi connectivity index (χ2n) is 5.76. The summed E-state index contributed by atoms with van der Waals surface area (Å²) in [6.45, 7) is 5.17. The zero-order valence-electron chi connectivity index (χ0n) is 14.4. The molecule has 6 heteroatoms. The third-order valence-corrected chi connectivity index (χ3v) is 3.50. The van der Waals surface area contributed by atoms with Crippen molar-refractivity contribution < 1.29 is 19.1 Å². The number of anilines is 1. The van der Waals surface area contributed by atoms with E-state index >= 15 is 0 Å². The number of carbonyl (C=O) groups excluding carboxylic acids is 3. The van der Waals surface area contributed by atoms with Crippen LogP contribution in [0.2, 0.25) is 0 Å². The summed E-state index contributed by atoms with van der Waals surface area (Å²) < 4.78 is 4.89. The second kappa shape index (κ2) is 8.10. The average Bonchev–Trinajstić information content (AvgIpc) is 2.56. The van der Waals surface area contributed by atoms with Gasteiger partial charge in [-0.2, -0.15) is 0 Å². The molecule has 0 saturated heterocycles. The number of benzene rings is 2. The van der Waals surface area contributed by atoms with Gasteiger partial charge >= 0.3 is 12.0 Å². The summed E-state index contributed by atoms with van der Waals surface area (Å²) in [6, 6.07) is 11.6. The Morgan fingerprint density at radius 2 is 1.56 bits per heavy atom. The largest absolute Gasteiger partial charge is 0.452 e. The maximum atomic E-state index is 11.8. The molecule has 0 aliphatic heterocycles. The molecule has 2 aromatic rings. The number of amides is 3. The van der Waals surface area contributed by atoms with E-state index in [1.165, 1.54) is 0 Å². The van der Waals surface area contributed by atoms with Gasteiger partial charge in [-0.3, -0.25) is 10.1 Å². The lowest BCUT2D eigenvalue weighted by Gasteiger charge is -2.10. The molecule has 3 amide bonds. The van der Waals surface area contributed by atoms with Crippen LogP contribution in [-0.4, -0.2) is 24.5 Å². The van der Waals surface area contributed by atoms with Gasteiger partial charge in [0, 0.05) is 5.69 Å². The lowest BCUT2D eigenvalue weighted by Crippen LogP contribution is -2.37. The minimum absolute atomic E-state index is 0.345. The summed E-state index contributed by atoms with van der Waals surface area (Å²) in [5, 5.41) is 4.70. The molecular weight excluding hydrogens is 320 g/mol. The third kappa shape index (κ3) is 5.46. The van der Waals surface area contributed by atoms with Crippen LogP contribution >= 0.6 is 0 Å². The fourth-order valence-electron chi connectivity index (χ4n) is 2.17. The van der Waals surface area contributed by atoms with Gasteiger partial charge in [0.15, 0.2) is 6.61 Å². The highest BCUT2D eigenvalue weighted by atomic mass is 16.5. The SMILES string of the molecule is Cc1ccc(C(=O)OCC(=O)NC(=O)Nc2ccc(C)cc2C)cc1. The zero-order valence-corrected chi connectivity index (χ0v) is 14.4. The van der Waals surface area contributed by atoms with E-state index in [0.717, 1.165) is 16.7 Å². The molecule has 2 N–H and O–H groups in total. The molecule has 2 aromatic carbocycles. The van der Waals surface area contributed by atoms with Gasteiger partial charge in [-0.15, -0.1) is 0 Å². The third-order valence-electron chi connectivity index (χ3n) is 3.50. The molecule has 0 saturated carbocycles. The lowest BCUT2D eigenvalue weighted by atomic mass is 10.1. The van der Waals surface area contributed by atoms with E-state index in [1.54, 1.807) is 30.3 Å². The number of esters is 1.